The Morgan fingerprint density at radius 3 is 1.64 bits per heavy atom. The maximum atomic E-state index is 12.4. The molecule has 0 radical (unpaired) electrons. The predicted octanol–water partition coefficient (Wildman–Crippen LogP) is 7.89. The van der Waals surface area contributed by atoms with Gasteiger partial charge in [-0.2, -0.15) is 0 Å². The molecule has 0 saturated heterocycles. The van der Waals surface area contributed by atoms with Crippen molar-refractivity contribution in [2.45, 2.75) is 117 Å². The highest BCUT2D eigenvalue weighted by molar-refractivity contribution is 14.1. The third kappa shape index (κ3) is 13.1. The maximum absolute atomic E-state index is 12.4. The predicted molar refractivity (Wildman–Crippen MR) is 142 cm³/mol. The fourth-order valence-electron chi connectivity index (χ4n) is 3.98. The number of unbranched alkanes of at least 4 members (excludes halogenated alkanes) is 14. The quantitative estimate of drug-likeness (QED) is 0.104. The van der Waals surface area contributed by atoms with Crippen LogP contribution >= 0.6 is 21.2 Å². The van der Waals surface area contributed by atoms with Crippen LogP contribution < -0.4 is 5.32 Å². The second-order valence-electron chi connectivity index (χ2n) is 8.88. The van der Waals surface area contributed by atoms with Crippen molar-refractivity contribution in [3.63, 3.8) is 0 Å². The summed E-state index contributed by atoms with van der Waals surface area (Å²) in [6, 6.07) is 4.65. The molecule has 5 nitrogen and oxygen atoms in total. The molecule has 0 unspecified atom stereocenters. The van der Waals surface area contributed by atoms with E-state index in [0.717, 1.165) is 19.3 Å². The minimum atomic E-state index is -1.70. The highest BCUT2D eigenvalue weighted by Gasteiger charge is 2.19. The highest BCUT2D eigenvalue weighted by atomic mass is 127. The third-order valence-corrected chi connectivity index (χ3v) is 7.56. The molecule has 1 N–H and O–H groups in total. The SMILES string of the molecule is CCCCCCCCCCCCCCCCCC(=O)NC(=O)c1cccc(C(C)=O)c1I=O. The Balaban J connectivity index is 2.09. The van der Waals surface area contributed by atoms with Gasteiger partial charge in [-0.05, 0) is 19.4 Å². The Bertz CT molecular complexity index is 748. The first-order valence-electron chi connectivity index (χ1n) is 12.8. The zero-order valence-electron chi connectivity index (χ0n) is 20.6. The molecule has 0 spiro atoms. The molecular weight excluding hydrogens is 529 g/mol. The van der Waals surface area contributed by atoms with Gasteiger partial charge < -0.3 is 0 Å². The fraction of sp³-hybridized carbons (Fsp3) is 0.667. The molecule has 0 bridgehead atoms. The number of hydrogen-bond donors (Lipinski definition) is 1. The molecule has 6 heteroatoms. The van der Waals surface area contributed by atoms with Crippen LogP contribution in [0.3, 0.4) is 0 Å². The number of imide groups is 1. The minimum absolute atomic E-state index is 0.162. The van der Waals surface area contributed by atoms with Crippen LogP contribution in [-0.2, 0) is 7.86 Å². The van der Waals surface area contributed by atoms with Crippen LogP contribution in [0.1, 0.15) is 137 Å². The van der Waals surface area contributed by atoms with Gasteiger partial charge in [0.15, 0.2) is 27.0 Å². The van der Waals surface area contributed by atoms with E-state index in [-0.39, 0.29) is 20.8 Å². The summed E-state index contributed by atoms with van der Waals surface area (Å²) in [7, 11) is 0. The van der Waals surface area contributed by atoms with E-state index >= 15 is 0 Å². The van der Waals surface area contributed by atoms with Crippen molar-refractivity contribution < 1.29 is 17.5 Å². The van der Waals surface area contributed by atoms with Gasteiger partial charge >= 0.3 is 0 Å². The van der Waals surface area contributed by atoms with E-state index in [2.05, 4.69) is 12.2 Å². The number of ketones is 1. The number of hydrogen-bond acceptors (Lipinski definition) is 4. The van der Waals surface area contributed by atoms with E-state index in [9.17, 15) is 17.5 Å². The van der Waals surface area contributed by atoms with Gasteiger partial charge in [-0.15, -0.1) is 0 Å². The summed E-state index contributed by atoms with van der Waals surface area (Å²) in [6.07, 6.45) is 19.2. The van der Waals surface area contributed by atoms with Gasteiger partial charge in [-0.1, -0.05) is 109 Å². The molecule has 0 aliphatic rings. The molecule has 186 valence electrons. The first-order valence-corrected chi connectivity index (χ1v) is 14.7. The molecule has 1 aromatic rings. The van der Waals surface area contributed by atoms with Crippen molar-refractivity contribution in [2.24, 2.45) is 0 Å². The van der Waals surface area contributed by atoms with Crippen LogP contribution in [0.25, 0.3) is 0 Å². The highest BCUT2D eigenvalue weighted by Crippen LogP contribution is 2.22. The monoisotopic (exact) mass is 571 g/mol. The first-order chi connectivity index (χ1) is 16.0. The molecule has 0 aliphatic heterocycles. The van der Waals surface area contributed by atoms with Crippen LogP contribution in [0.4, 0.5) is 0 Å². The summed E-state index contributed by atoms with van der Waals surface area (Å²) < 4.78 is 11.9. The second kappa shape index (κ2) is 18.9. The Morgan fingerprint density at radius 1 is 0.727 bits per heavy atom. The van der Waals surface area contributed by atoms with Crippen molar-refractivity contribution in [2.75, 3.05) is 0 Å². The summed E-state index contributed by atoms with van der Waals surface area (Å²) in [4.78, 5) is 36.2. The van der Waals surface area contributed by atoms with Crippen molar-refractivity contribution in [3.8, 4) is 0 Å². The summed E-state index contributed by atoms with van der Waals surface area (Å²) in [5, 5.41) is 2.38. The normalized spacial score (nSPS) is 10.8. The smallest absolute Gasteiger partial charge is 0.259 e. The number of Topliss-reactive ketones (excluding diaryl/α,β-unsaturated/α-hetero) is 1. The van der Waals surface area contributed by atoms with E-state index in [1.54, 1.807) is 12.1 Å². The molecular formula is C27H42INO4. The Morgan fingerprint density at radius 2 is 1.18 bits per heavy atom. The van der Waals surface area contributed by atoms with Crippen LogP contribution in [-0.4, -0.2) is 17.6 Å². The largest absolute Gasteiger partial charge is 0.294 e. The van der Waals surface area contributed by atoms with Crippen LogP contribution in [0.5, 0.6) is 0 Å². The number of benzene rings is 1. The molecule has 0 aromatic heterocycles. The first kappa shape index (κ1) is 29.6. The zero-order valence-corrected chi connectivity index (χ0v) is 22.7. The summed E-state index contributed by atoms with van der Waals surface area (Å²) >= 11 is -1.70. The van der Waals surface area contributed by atoms with E-state index in [1.165, 1.54) is 90.0 Å². The number of carbonyl (C=O) groups excluding carboxylic acids is 3. The van der Waals surface area contributed by atoms with Gasteiger partial charge in [0, 0.05) is 12.0 Å². The van der Waals surface area contributed by atoms with Crippen LogP contribution in [0.15, 0.2) is 18.2 Å². The molecule has 0 fully saturated rings. The van der Waals surface area contributed by atoms with Gasteiger partial charge in [0.25, 0.3) is 5.91 Å². The van der Waals surface area contributed by atoms with Crippen molar-refractivity contribution in [1.82, 2.24) is 5.32 Å². The molecule has 0 atom stereocenters. The third-order valence-electron chi connectivity index (χ3n) is 5.96. The number of halogens is 1. The Labute approximate surface area is 210 Å². The fourth-order valence-corrected chi connectivity index (χ4v) is 5.43. The lowest BCUT2D eigenvalue weighted by atomic mass is 10.0. The summed E-state index contributed by atoms with van der Waals surface area (Å²) in [5.74, 6) is -1.13. The summed E-state index contributed by atoms with van der Waals surface area (Å²) in [6.45, 7) is 3.63. The Kier molecular flexibility index (Phi) is 17.0. The average Bonchev–Trinajstić information content (AvgIpc) is 2.80. The minimum Gasteiger partial charge on any atom is -0.294 e. The van der Waals surface area contributed by atoms with E-state index < -0.39 is 27.1 Å². The van der Waals surface area contributed by atoms with Crippen molar-refractivity contribution in [1.29, 1.82) is 0 Å². The summed E-state index contributed by atoms with van der Waals surface area (Å²) in [5.41, 5.74) is 0.454. The van der Waals surface area contributed by atoms with Gasteiger partial charge in [0.2, 0.25) is 5.91 Å². The van der Waals surface area contributed by atoms with E-state index in [1.807, 2.05) is 0 Å². The molecule has 0 heterocycles. The molecule has 33 heavy (non-hydrogen) atoms. The van der Waals surface area contributed by atoms with Gasteiger partial charge in [0.1, 0.15) is 0 Å². The standard InChI is InChI=1S/C27H42INO4/c1-3-4-5-6-7-8-9-10-11-12-13-14-15-16-17-21-25(31)29-27(32)24-20-18-19-23(22(2)30)26(24)28-33/h18-20H,3-17,21H2,1-2H3,(H,29,31,32). The van der Waals surface area contributed by atoms with Gasteiger partial charge in [0.05, 0.1) is 9.13 Å². The topological polar surface area (TPSA) is 80.3 Å². The van der Waals surface area contributed by atoms with E-state index in [0.29, 0.717) is 12.0 Å². The number of amides is 2. The molecule has 1 rings (SSSR count). The van der Waals surface area contributed by atoms with Gasteiger partial charge in [-0.3, -0.25) is 22.8 Å². The van der Waals surface area contributed by atoms with E-state index in [4.69, 9.17) is 0 Å². The maximum Gasteiger partial charge on any atom is 0.259 e. The zero-order chi connectivity index (χ0) is 24.3. The molecule has 2 amide bonds. The molecule has 0 aliphatic carbocycles. The lowest BCUT2D eigenvalue weighted by molar-refractivity contribution is -0.120. The van der Waals surface area contributed by atoms with Crippen LogP contribution in [0.2, 0.25) is 0 Å². The lowest BCUT2D eigenvalue weighted by Gasteiger charge is -2.08. The van der Waals surface area contributed by atoms with Crippen molar-refractivity contribution >= 4 is 38.8 Å². The van der Waals surface area contributed by atoms with Crippen molar-refractivity contribution in [3.05, 3.63) is 32.9 Å². The average molecular weight is 572 g/mol. The second-order valence-corrected chi connectivity index (χ2v) is 10.4. The number of carbonyl (C=O) groups is 3. The van der Waals surface area contributed by atoms with Gasteiger partial charge in [-0.25, -0.2) is 0 Å². The lowest BCUT2D eigenvalue weighted by Crippen LogP contribution is -2.31. The molecule has 1 aromatic carbocycles. The number of nitrogens with one attached hydrogen (secondary N) is 1. The number of rotatable bonds is 19. The Hall–Kier alpha value is -1.44. The van der Waals surface area contributed by atoms with Crippen LogP contribution in [0, 0.1) is 3.57 Å². The molecule has 0 saturated carbocycles.